The number of aromatic hydroxyl groups is 1. The predicted octanol–water partition coefficient (Wildman–Crippen LogP) is 5.08. The van der Waals surface area contributed by atoms with Crippen LogP contribution in [0.25, 0.3) is 44.2 Å². The van der Waals surface area contributed by atoms with Crippen molar-refractivity contribution in [1.82, 2.24) is 15.0 Å². The van der Waals surface area contributed by atoms with E-state index >= 15 is 0 Å². The Labute approximate surface area is 143 Å². The number of H-pyrrole nitrogens is 2. The molecule has 3 N–H and O–H groups in total. The molecule has 0 bridgehead atoms. The van der Waals surface area contributed by atoms with Crippen LogP contribution in [0, 0.1) is 0 Å². The number of aromatic amines is 2. The van der Waals surface area contributed by atoms with Crippen LogP contribution in [0.15, 0.2) is 73.2 Å². The van der Waals surface area contributed by atoms with Crippen LogP contribution in [0.3, 0.4) is 0 Å². The first kappa shape index (κ1) is 13.9. The standard InChI is InChI=1S/C21H15N3O/c25-17-3-1-2-13(9-17)16-10-18-19(12-24-21(18)23-11-16)14-4-5-20-15(8-14)6-7-22-20/h1-12,22,25H,(H,23,24). The van der Waals surface area contributed by atoms with Crippen molar-refractivity contribution in [2.45, 2.75) is 0 Å². The third-order valence-corrected chi connectivity index (χ3v) is 4.57. The summed E-state index contributed by atoms with van der Waals surface area (Å²) in [5.74, 6) is 0.254. The van der Waals surface area contributed by atoms with Crippen LogP contribution < -0.4 is 0 Å². The Morgan fingerprint density at radius 3 is 2.72 bits per heavy atom. The third kappa shape index (κ3) is 2.27. The van der Waals surface area contributed by atoms with E-state index in [4.69, 9.17) is 0 Å². The fourth-order valence-electron chi connectivity index (χ4n) is 3.31. The van der Waals surface area contributed by atoms with E-state index < -0.39 is 0 Å². The van der Waals surface area contributed by atoms with Crippen LogP contribution in [-0.4, -0.2) is 20.1 Å². The SMILES string of the molecule is Oc1cccc(-c2cnc3[nH]cc(-c4ccc5[nH]ccc5c4)c3c2)c1. The van der Waals surface area contributed by atoms with E-state index in [-0.39, 0.29) is 5.75 Å². The number of pyridine rings is 1. The highest BCUT2D eigenvalue weighted by atomic mass is 16.3. The predicted molar refractivity (Wildman–Crippen MR) is 100 cm³/mol. The van der Waals surface area contributed by atoms with Gasteiger partial charge in [-0.05, 0) is 52.9 Å². The van der Waals surface area contributed by atoms with Gasteiger partial charge in [-0.25, -0.2) is 4.98 Å². The van der Waals surface area contributed by atoms with Crippen molar-refractivity contribution in [2.24, 2.45) is 0 Å². The molecular formula is C21H15N3O. The van der Waals surface area contributed by atoms with Gasteiger partial charge >= 0.3 is 0 Å². The molecule has 0 aliphatic heterocycles. The van der Waals surface area contributed by atoms with Gasteiger partial charge in [0.05, 0.1) is 0 Å². The zero-order chi connectivity index (χ0) is 16.8. The van der Waals surface area contributed by atoms with Crippen molar-refractivity contribution in [1.29, 1.82) is 0 Å². The van der Waals surface area contributed by atoms with E-state index in [1.165, 1.54) is 5.39 Å². The highest BCUT2D eigenvalue weighted by Crippen LogP contribution is 2.33. The van der Waals surface area contributed by atoms with Crippen LogP contribution in [-0.2, 0) is 0 Å². The van der Waals surface area contributed by atoms with Crippen molar-refractivity contribution in [3.05, 3.63) is 73.2 Å². The van der Waals surface area contributed by atoms with E-state index in [2.05, 4.69) is 45.3 Å². The summed E-state index contributed by atoms with van der Waals surface area (Å²) in [6, 6.07) is 17.8. The zero-order valence-corrected chi connectivity index (χ0v) is 13.3. The molecule has 120 valence electrons. The number of benzene rings is 2. The molecule has 0 spiro atoms. The molecule has 0 saturated heterocycles. The van der Waals surface area contributed by atoms with Gasteiger partial charge < -0.3 is 15.1 Å². The average Bonchev–Trinajstić information content (AvgIpc) is 3.27. The van der Waals surface area contributed by atoms with Crippen molar-refractivity contribution >= 4 is 21.9 Å². The summed E-state index contributed by atoms with van der Waals surface area (Å²) < 4.78 is 0. The fraction of sp³-hybridized carbons (Fsp3) is 0. The normalized spacial score (nSPS) is 11.4. The molecule has 0 fully saturated rings. The molecule has 4 nitrogen and oxygen atoms in total. The Balaban J connectivity index is 1.69. The number of rotatable bonds is 2. The van der Waals surface area contributed by atoms with Gasteiger partial charge in [-0.15, -0.1) is 0 Å². The lowest BCUT2D eigenvalue weighted by molar-refractivity contribution is 0.475. The molecule has 0 aliphatic carbocycles. The summed E-state index contributed by atoms with van der Waals surface area (Å²) in [5, 5.41) is 12.0. The van der Waals surface area contributed by atoms with Gasteiger partial charge in [-0.2, -0.15) is 0 Å². The fourth-order valence-corrected chi connectivity index (χ4v) is 3.31. The second-order valence-electron chi connectivity index (χ2n) is 6.15. The number of phenolic OH excluding ortho intramolecular Hbond substituents is 1. The van der Waals surface area contributed by atoms with Crippen LogP contribution >= 0.6 is 0 Å². The minimum Gasteiger partial charge on any atom is -0.508 e. The molecule has 0 atom stereocenters. The van der Waals surface area contributed by atoms with Gasteiger partial charge in [0.1, 0.15) is 11.4 Å². The second-order valence-corrected chi connectivity index (χ2v) is 6.15. The van der Waals surface area contributed by atoms with Gasteiger partial charge in [-0.3, -0.25) is 0 Å². The molecule has 3 aromatic heterocycles. The Morgan fingerprint density at radius 2 is 1.80 bits per heavy atom. The van der Waals surface area contributed by atoms with Crippen LogP contribution in [0.2, 0.25) is 0 Å². The van der Waals surface area contributed by atoms with Gasteiger partial charge in [0.15, 0.2) is 0 Å². The quantitative estimate of drug-likeness (QED) is 0.423. The van der Waals surface area contributed by atoms with Gasteiger partial charge in [-0.1, -0.05) is 18.2 Å². The smallest absolute Gasteiger partial charge is 0.137 e. The second kappa shape index (κ2) is 5.24. The van der Waals surface area contributed by atoms with Crippen molar-refractivity contribution in [3.8, 4) is 28.0 Å². The number of hydrogen-bond donors (Lipinski definition) is 3. The number of fused-ring (bicyclic) bond motifs is 2. The topological polar surface area (TPSA) is 64.7 Å². The summed E-state index contributed by atoms with van der Waals surface area (Å²) in [6.07, 6.45) is 5.77. The summed E-state index contributed by atoms with van der Waals surface area (Å²) in [4.78, 5) is 11.0. The van der Waals surface area contributed by atoms with Crippen LogP contribution in [0.1, 0.15) is 0 Å². The number of hydrogen-bond acceptors (Lipinski definition) is 2. The molecule has 5 aromatic rings. The monoisotopic (exact) mass is 325 g/mol. The molecule has 25 heavy (non-hydrogen) atoms. The van der Waals surface area contributed by atoms with Gasteiger partial charge in [0.25, 0.3) is 0 Å². The Hall–Kier alpha value is -3.53. The summed E-state index contributed by atoms with van der Waals surface area (Å²) >= 11 is 0. The van der Waals surface area contributed by atoms with Crippen molar-refractivity contribution < 1.29 is 5.11 Å². The van der Waals surface area contributed by atoms with E-state index in [0.717, 1.165) is 38.8 Å². The molecule has 5 rings (SSSR count). The maximum Gasteiger partial charge on any atom is 0.137 e. The first-order valence-electron chi connectivity index (χ1n) is 8.12. The number of nitrogens with zero attached hydrogens (tertiary/aromatic N) is 1. The summed E-state index contributed by atoms with van der Waals surface area (Å²) in [6.45, 7) is 0. The first-order valence-corrected chi connectivity index (χ1v) is 8.12. The Bertz CT molecular complexity index is 1220. The van der Waals surface area contributed by atoms with Crippen LogP contribution in [0.5, 0.6) is 5.75 Å². The molecule has 0 amide bonds. The Kier molecular flexibility index (Phi) is 2.91. The Morgan fingerprint density at radius 1 is 0.840 bits per heavy atom. The lowest BCUT2D eigenvalue weighted by Crippen LogP contribution is -1.83. The van der Waals surface area contributed by atoms with Gasteiger partial charge in [0, 0.05) is 40.6 Å². The molecule has 0 radical (unpaired) electrons. The van der Waals surface area contributed by atoms with Crippen LogP contribution in [0.4, 0.5) is 0 Å². The molecule has 0 unspecified atom stereocenters. The number of nitrogens with one attached hydrogen (secondary N) is 2. The molecule has 2 aromatic carbocycles. The van der Waals surface area contributed by atoms with E-state index in [9.17, 15) is 5.11 Å². The molecule has 0 saturated carbocycles. The highest BCUT2D eigenvalue weighted by molar-refractivity contribution is 5.98. The zero-order valence-electron chi connectivity index (χ0n) is 13.3. The molecule has 0 aliphatic rings. The van der Waals surface area contributed by atoms with E-state index in [1.807, 2.05) is 30.7 Å². The third-order valence-electron chi connectivity index (χ3n) is 4.57. The average molecular weight is 325 g/mol. The molecule has 3 heterocycles. The summed E-state index contributed by atoms with van der Waals surface area (Å²) in [7, 11) is 0. The minimum atomic E-state index is 0.254. The van der Waals surface area contributed by atoms with E-state index in [1.54, 1.807) is 12.1 Å². The first-order chi connectivity index (χ1) is 12.3. The van der Waals surface area contributed by atoms with Crippen molar-refractivity contribution in [3.63, 3.8) is 0 Å². The lowest BCUT2D eigenvalue weighted by atomic mass is 10.0. The maximum absolute atomic E-state index is 9.73. The maximum atomic E-state index is 9.73. The van der Waals surface area contributed by atoms with Gasteiger partial charge in [0.2, 0.25) is 0 Å². The highest BCUT2D eigenvalue weighted by Gasteiger charge is 2.10. The molecule has 4 heteroatoms. The van der Waals surface area contributed by atoms with Crippen molar-refractivity contribution in [2.75, 3.05) is 0 Å². The number of phenols is 1. The summed E-state index contributed by atoms with van der Waals surface area (Å²) in [5.41, 5.74) is 6.17. The lowest BCUT2D eigenvalue weighted by Gasteiger charge is -2.04. The minimum absolute atomic E-state index is 0.254. The largest absolute Gasteiger partial charge is 0.508 e. The van der Waals surface area contributed by atoms with E-state index in [0.29, 0.717) is 0 Å². The molecular weight excluding hydrogens is 310 g/mol. The number of aromatic nitrogens is 3.